The molecule has 0 saturated heterocycles. The first-order valence-electron chi connectivity index (χ1n) is 11.3. The van der Waals surface area contributed by atoms with Crippen molar-refractivity contribution in [3.05, 3.63) is 66.0 Å². The van der Waals surface area contributed by atoms with Crippen LogP contribution in [0.5, 0.6) is 11.5 Å². The molecule has 1 aliphatic carbocycles. The summed E-state index contributed by atoms with van der Waals surface area (Å²) in [4.78, 5) is 36.9. The van der Waals surface area contributed by atoms with Gasteiger partial charge >= 0.3 is 12.0 Å². The Morgan fingerprint density at radius 1 is 1.11 bits per heavy atom. The van der Waals surface area contributed by atoms with E-state index in [0.29, 0.717) is 28.1 Å². The van der Waals surface area contributed by atoms with Crippen molar-refractivity contribution in [2.24, 2.45) is 0 Å². The lowest BCUT2D eigenvalue weighted by Crippen LogP contribution is -2.34. The summed E-state index contributed by atoms with van der Waals surface area (Å²) in [5.41, 5.74) is 2.83. The molecule has 2 aromatic carbocycles. The molecule has 1 aliphatic rings. The molecular formula is C26H27N3O6. The number of esters is 1. The van der Waals surface area contributed by atoms with Crippen molar-refractivity contribution in [1.29, 1.82) is 0 Å². The Hall–Kier alpha value is -4.27. The summed E-state index contributed by atoms with van der Waals surface area (Å²) >= 11 is 0. The summed E-state index contributed by atoms with van der Waals surface area (Å²) in [6.45, 7) is 1.72. The number of carbonyl (C=O) groups is 3. The van der Waals surface area contributed by atoms with Crippen LogP contribution in [0.3, 0.4) is 0 Å². The fourth-order valence-corrected chi connectivity index (χ4v) is 3.76. The number of phenolic OH excluding ortho intramolecular Hbond substituents is 1. The number of carbonyl (C=O) groups excluding carboxylic acids is 3. The Balaban J connectivity index is 1.52. The van der Waals surface area contributed by atoms with E-state index in [0.717, 1.165) is 18.5 Å². The Morgan fingerprint density at radius 2 is 1.91 bits per heavy atom. The summed E-state index contributed by atoms with van der Waals surface area (Å²) in [7, 11) is 1.53. The summed E-state index contributed by atoms with van der Waals surface area (Å²) in [5, 5.41) is 16.0. The molecule has 9 nitrogen and oxygen atoms in total. The number of nitrogens with one attached hydrogen (secondary N) is 2. The van der Waals surface area contributed by atoms with Gasteiger partial charge in [0.05, 0.1) is 13.7 Å². The molecule has 0 bridgehead atoms. The van der Waals surface area contributed by atoms with Gasteiger partial charge in [-0.05, 0) is 62.1 Å². The van der Waals surface area contributed by atoms with E-state index < -0.39 is 12.0 Å². The Morgan fingerprint density at radius 3 is 2.60 bits per heavy atom. The third-order valence-electron chi connectivity index (χ3n) is 5.65. The van der Waals surface area contributed by atoms with Gasteiger partial charge < -0.3 is 25.2 Å². The van der Waals surface area contributed by atoms with Gasteiger partial charge in [0.25, 0.3) is 5.91 Å². The maximum absolute atomic E-state index is 12.7. The zero-order chi connectivity index (χ0) is 24.9. The molecule has 0 unspecified atom stereocenters. The molecule has 9 heteroatoms. The minimum absolute atomic E-state index is 0.0418. The van der Waals surface area contributed by atoms with Crippen LogP contribution < -0.4 is 15.4 Å². The highest BCUT2D eigenvalue weighted by Crippen LogP contribution is 2.43. The van der Waals surface area contributed by atoms with Gasteiger partial charge in [0.1, 0.15) is 18.0 Å². The standard InChI is InChI=1S/C26H27N3O6/c1-3-35-24(31)14-27-26(33)29-15-18(12-22(29)16-7-8-16)21-10-9-19(13-23(21)30)28-25(32)17-5-4-6-20(11-17)34-2/h4-6,9-13,15-16,30H,3,7-8,14H2,1-2H3,(H,27,33)(H,28,32). The van der Waals surface area contributed by atoms with Crippen LogP contribution in [0.4, 0.5) is 10.5 Å². The topological polar surface area (TPSA) is 119 Å². The van der Waals surface area contributed by atoms with Gasteiger partial charge in [0.2, 0.25) is 0 Å². The molecule has 182 valence electrons. The first kappa shape index (κ1) is 23.9. The number of aromatic nitrogens is 1. The van der Waals surface area contributed by atoms with E-state index in [-0.39, 0.29) is 30.7 Å². The largest absolute Gasteiger partial charge is 0.507 e. The van der Waals surface area contributed by atoms with Gasteiger partial charge in [-0.1, -0.05) is 6.07 Å². The predicted molar refractivity (Wildman–Crippen MR) is 130 cm³/mol. The van der Waals surface area contributed by atoms with Crippen LogP contribution in [-0.4, -0.2) is 47.8 Å². The van der Waals surface area contributed by atoms with Crippen LogP contribution in [0.25, 0.3) is 11.1 Å². The number of ether oxygens (including phenoxy) is 2. The Kier molecular flexibility index (Phi) is 7.05. The van der Waals surface area contributed by atoms with Crippen LogP contribution in [0, 0.1) is 0 Å². The van der Waals surface area contributed by atoms with Crippen molar-refractivity contribution in [1.82, 2.24) is 9.88 Å². The SMILES string of the molecule is CCOC(=O)CNC(=O)n1cc(-c2ccc(NC(=O)c3cccc(OC)c3)cc2O)cc1C1CC1. The normalized spacial score (nSPS) is 12.6. The number of hydrogen-bond acceptors (Lipinski definition) is 6. The first-order chi connectivity index (χ1) is 16.9. The molecule has 0 radical (unpaired) electrons. The zero-order valence-corrected chi connectivity index (χ0v) is 19.5. The molecular weight excluding hydrogens is 450 g/mol. The van der Waals surface area contributed by atoms with Crippen molar-refractivity contribution >= 4 is 23.6 Å². The number of methoxy groups -OCH3 is 1. The number of anilines is 1. The number of nitrogens with zero attached hydrogens (tertiary/aromatic N) is 1. The van der Waals surface area contributed by atoms with Gasteiger partial charge in [0, 0.05) is 40.3 Å². The molecule has 3 aromatic rings. The van der Waals surface area contributed by atoms with Gasteiger partial charge in [-0.25, -0.2) is 4.79 Å². The van der Waals surface area contributed by atoms with E-state index in [4.69, 9.17) is 9.47 Å². The molecule has 1 saturated carbocycles. The minimum Gasteiger partial charge on any atom is -0.507 e. The lowest BCUT2D eigenvalue weighted by molar-refractivity contribution is -0.141. The number of aromatic hydroxyl groups is 1. The molecule has 0 aliphatic heterocycles. The van der Waals surface area contributed by atoms with Gasteiger partial charge in [-0.15, -0.1) is 0 Å². The fraction of sp³-hybridized carbons (Fsp3) is 0.269. The molecule has 1 aromatic heterocycles. The monoisotopic (exact) mass is 477 g/mol. The third-order valence-corrected chi connectivity index (χ3v) is 5.65. The molecule has 4 rings (SSSR count). The minimum atomic E-state index is -0.509. The van der Waals surface area contributed by atoms with Crippen molar-refractivity contribution in [3.8, 4) is 22.6 Å². The third kappa shape index (κ3) is 5.63. The number of amides is 2. The van der Waals surface area contributed by atoms with E-state index in [1.54, 1.807) is 49.5 Å². The van der Waals surface area contributed by atoms with Gasteiger partial charge in [-0.2, -0.15) is 0 Å². The van der Waals surface area contributed by atoms with Crippen molar-refractivity contribution in [2.75, 3.05) is 25.6 Å². The number of benzene rings is 2. The second-order valence-corrected chi connectivity index (χ2v) is 8.18. The van der Waals surface area contributed by atoms with Crippen LogP contribution in [0.2, 0.25) is 0 Å². The molecule has 1 heterocycles. The quantitative estimate of drug-likeness (QED) is 0.420. The highest BCUT2D eigenvalue weighted by molar-refractivity contribution is 6.04. The molecule has 0 spiro atoms. The average Bonchev–Trinajstić information content (AvgIpc) is 3.61. The predicted octanol–water partition coefficient (Wildman–Crippen LogP) is 4.12. The van der Waals surface area contributed by atoms with E-state index in [9.17, 15) is 19.5 Å². The lowest BCUT2D eigenvalue weighted by atomic mass is 10.1. The highest BCUT2D eigenvalue weighted by atomic mass is 16.5. The number of hydrogen-bond donors (Lipinski definition) is 3. The number of phenols is 1. The molecule has 2 amide bonds. The summed E-state index contributed by atoms with van der Waals surface area (Å²) in [6, 6.07) is 13.0. The first-order valence-corrected chi connectivity index (χ1v) is 11.3. The van der Waals surface area contributed by atoms with E-state index in [2.05, 4.69) is 10.6 Å². The van der Waals surface area contributed by atoms with Crippen LogP contribution >= 0.6 is 0 Å². The van der Waals surface area contributed by atoms with Crippen molar-refractivity contribution in [3.63, 3.8) is 0 Å². The van der Waals surface area contributed by atoms with E-state index in [1.165, 1.54) is 17.7 Å². The Bertz CT molecular complexity index is 1260. The summed E-state index contributed by atoms with van der Waals surface area (Å²) in [6.07, 6.45) is 3.57. The molecule has 3 N–H and O–H groups in total. The van der Waals surface area contributed by atoms with Crippen LogP contribution in [-0.2, 0) is 9.53 Å². The van der Waals surface area contributed by atoms with E-state index in [1.807, 2.05) is 6.07 Å². The maximum atomic E-state index is 12.7. The smallest absolute Gasteiger partial charge is 0.326 e. The highest BCUT2D eigenvalue weighted by Gasteiger charge is 2.29. The molecule has 0 atom stereocenters. The number of rotatable bonds is 8. The Labute approximate surface area is 202 Å². The van der Waals surface area contributed by atoms with Crippen LogP contribution in [0.1, 0.15) is 41.7 Å². The van der Waals surface area contributed by atoms with Crippen molar-refractivity contribution < 1.29 is 29.0 Å². The van der Waals surface area contributed by atoms with Crippen molar-refractivity contribution in [2.45, 2.75) is 25.7 Å². The average molecular weight is 478 g/mol. The summed E-state index contributed by atoms with van der Waals surface area (Å²) < 4.78 is 11.5. The molecule has 1 fully saturated rings. The van der Waals surface area contributed by atoms with Crippen LogP contribution in [0.15, 0.2) is 54.7 Å². The zero-order valence-electron chi connectivity index (χ0n) is 19.5. The van der Waals surface area contributed by atoms with E-state index >= 15 is 0 Å². The fourth-order valence-electron chi connectivity index (χ4n) is 3.76. The van der Waals surface area contributed by atoms with Gasteiger partial charge in [-0.3, -0.25) is 14.2 Å². The maximum Gasteiger partial charge on any atom is 0.326 e. The molecule has 35 heavy (non-hydrogen) atoms. The summed E-state index contributed by atoms with van der Waals surface area (Å²) in [5.74, 6) is -0.0689. The van der Waals surface area contributed by atoms with Gasteiger partial charge in [0.15, 0.2) is 0 Å². The lowest BCUT2D eigenvalue weighted by Gasteiger charge is -2.09. The second-order valence-electron chi connectivity index (χ2n) is 8.18. The second kappa shape index (κ2) is 10.3.